The summed E-state index contributed by atoms with van der Waals surface area (Å²) in [5, 5.41) is 4.26. The van der Waals surface area contributed by atoms with Crippen LogP contribution in [0.4, 0.5) is 0 Å². The van der Waals surface area contributed by atoms with E-state index in [1.54, 1.807) is 11.3 Å². The van der Waals surface area contributed by atoms with E-state index in [1.807, 2.05) is 24.3 Å². The van der Waals surface area contributed by atoms with Crippen molar-refractivity contribution in [3.05, 3.63) is 35.2 Å². The first-order valence-corrected chi connectivity index (χ1v) is 9.05. The molecule has 1 aromatic carbocycles. The average molecular weight is 332 g/mol. The summed E-state index contributed by atoms with van der Waals surface area (Å²) < 4.78 is 6.59. The van der Waals surface area contributed by atoms with Gasteiger partial charge >= 0.3 is 0 Å². The zero-order chi connectivity index (χ0) is 16.2. The van der Waals surface area contributed by atoms with Crippen LogP contribution in [0.5, 0.6) is 0 Å². The summed E-state index contributed by atoms with van der Waals surface area (Å²) in [6.07, 6.45) is 0. The predicted molar refractivity (Wildman–Crippen MR) is 95.2 cm³/mol. The molecule has 2 heterocycles. The molecule has 0 bridgehead atoms. The van der Waals surface area contributed by atoms with Gasteiger partial charge in [0, 0.05) is 30.4 Å². The number of morpholine rings is 1. The van der Waals surface area contributed by atoms with Crippen molar-refractivity contribution in [2.45, 2.75) is 19.9 Å². The number of hydrogen-bond acceptors (Lipinski definition) is 4. The van der Waals surface area contributed by atoms with Crippen LogP contribution in [0.25, 0.3) is 10.1 Å². The summed E-state index contributed by atoms with van der Waals surface area (Å²) in [6.45, 7) is 8.58. The molecular weight excluding hydrogens is 308 g/mol. The number of amides is 1. The van der Waals surface area contributed by atoms with Gasteiger partial charge in [-0.2, -0.15) is 0 Å². The lowest BCUT2D eigenvalue weighted by atomic mass is 10.0. The van der Waals surface area contributed by atoms with Crippen molar-refractivity contribution in [3.63, 3.8) is 0 Å². The fourth-order valence-corrected chi connectivity index (χ4v) is 4.05. The summed E-state index contributed by atoms with van der Waals surface area (Å²) in [5.41, 5.74) is 0. The van der Waals surface area contributed by atoms with Crippen molar-refractivity contribution in [1.29, 1.82) is 0 Å². The Morgan fingerprint density at radius 1 is 1.30 bits per heavy atom. The third-order valence-corrected chi connectivity index (χ3v) is 5.52. The third-order valence-electron chi connectivity index (χ3n) is 4.41. The van der Waals surface area contributed by atoms with Gasteiger partial charge in [0.25, 0.3) is 5.91 Å². The number of nitrogens with zero attached hydrogens (tertiary/aromatic N) is 1. The summed E-state index contributed by atoms with van der Waals surface area (Å²) in [6, 6.07) is 10.5. The highest BCUT2D eigenvalue weighted by Crippen LogP contribution is 2.25. The smallest absolute Gasteiger partial charge is 0.261 e. The van der Waals surface area contributed by atoms with Crippen LogP contribution in [0, 0.1) is 5.92 Å². The molecule has 2 aromatic rings. The zero-order valence-corrected chi connectivity index (χ0v) is 14.6. The second-order valence-corrected chi connectivity index (χ2v) is 7.40. The second-order valence-electron chi connectivity index (χ2n) is 6.32. The summed E-state index contributed by atoms with van der Waals surface area (Å²) in [4.78, 5) is 15.7. The molecule has 1 N–H and O–H groups in total. The third kappa shape index (κ3) is 3.91. The summed E-state index contributed by atoms with van der Waals surface area (Å²) in [5.74, 6) is 0.529. The Morgan fingerprint density at radius 2 is 2.04 bits per heavy atom. The lowest BCUT2D eigenvalue weighted by Gasteiger charge is -2.36. The molecule has 124 valence electrons. The maximum atomic E-state index is 12.5. The van der Waals surface area contributed by atoms with Crippen LogP contribution in [0.15, 0.2) is 30.3 Å². The topological polar surface area (TPSA) is 41.6 Å². The average Bonchev–Trinajstić information content (AvgIpc) is 2.99. The first-order chi connectivity index (χ1) is 11.1. The van der Waals surface area contributed by atoms with Gasteiger partial charge in [0.05, 0.1) is 18.1 Å². The van der Waals surface area contributed by atoms with Crippen LogP contribution in [-0.2, 0) is 4.74 Å². The molecule has 0 spiro atoms. The second kappa shape index (κ2) is 7.43. The van der Waals surface area contributed by atoms with Gasteiger partial charge in [-0.3, -0.25) is 9.69 Å². The molecule has 0 saturated carbocycles. The van der Waals surface area contributed by atoms with Crippen LogP contribution >= 0.6 is 11.3 Å². The molecule has 1 fully saturated rings. The quantitative estimate of drug-likeness (QED) is 0.915. The lowest BCUT2D eigenvalue weighted by Crippen LogP contribution is -2.51. The Morgan fingerprint density at radius 3 is 2.74 bits per heavy atom. The number of nitrogens with one attached hydrogen (secondary N) is 1. The number of carbonyl (C=O) groups is 1. The van der Waals surface area contributed by atoms with E-state index in [2.05, 4.69) is 30.1 Å². The van der Waals surface area contributed by atoms with Gasteiger partial charge in [0.1, 0.15) is 0 Å². The molecule has 23 heavy (non-hydrogen) atoms. The van der Waals surface area contributed by atoms with E-state index in [1.165, 1.54) is 0 Å². The van der Waals surface area contributed by atoms with Crippen LogP contribution in [0.3, 0.4) is 0 Å². The molecule has 1 saturated heterocycles. The zero-order valence-electron chi connectivity index (χ0n) is 13.7. The first kappa shape index (κ1) is 16.4. The molecular formula is C18H24N2O2S. The minimum atomic E-state index is 0.0325. The molecule has 3 rings (SSSR count). The van der Waals surface area contributed by atoms with E-state index >= 15 is 0 Å². The molecule has 1 aromatic heterocycles. The van der Waals surface area contributed by atoms with Crippen molar-refractivity contribution in [2.75, 3.05) is 32.8 Å². The Labute approximate surface area is 141 Å². The van der Waals surface area contributed by atoms with Crippen molar-refractivity contribution < 1.29 is 9.53 Å². The van der Waals surface area contributed by atoms with Crippen LogP contribution in [0.2, 0.25) is 0 Å². The Hall–Kier alpha value is -1.43. The number of hydrogen-bond donors (Lipinski definition) is 1. The molecule has 4 nitrogen and oxygen atoms in total. The number of fused-ring (bicyclic) bond motifs is 1. The normalized spacial score (nSPS) is 17.5. The minimum absolute atomic E-state index is 0.0325. The molecule has 5 heteroatoms. The van der Waals surface area contributed by atoms with Gasteiger partial charge in [-0.1, -0.05) is 32.0 Å². The van der Waals surface area contributed by atoms with Crippen molar-refractivity contribution >= 4 is 27.3 Å². The van der Waals surface area contributed by atoms with E-state index in [0.29, 0.717) is 18.5 Å². The maximum absolute atomic E-state index is 12.5. The predicted octanol–water partition coefficient (Wildman–Crippen LogP) is 2.99. The highest BCUT2D eigenvalue weighted by Gasteiger charge is 2.24. The van der Waals surface area contributed by atoms with Gasteiger partial charge < -0.3 is 10.1 Å². The monoisotopic (exact) mass is 332 g/mol. The minimum Gasteiger partial charge on any atom is -0.379 e. The Balaban J connectivity index is 1.64. The highest BCUT2D eigenvalue weighted by molar-refractivity contribution is 7.20. The number of ether oxygens (including phenoxy) is 1. The van der Waals surface area contributed by atoms with E-state index in [-0.39, 0.29) is 5.91 Å². The molecule has 1 amide bonds. The van der Waals surface area contributed by atoms with Gasteiger partial charge in [-0.15, -0.1) is 11.3 Å². The summed E-state index contributed by atoms with van der Waals surface area (Å²) in [7, 11) is 0. The number of thiophene rings is 1. The van der Waals surface area contributed by atoms with E-state index in [0.717, 1.165) is 41.3 Å². The molecule has 0 aliphatic carbocycles. The number of rotatable bonds is 5. The molecule has 1 unspecified atom stereocenters. The SMILES string of the molecule is CC(C)C(CNC(=O)c1cc2ccccc2s1)N1CCOCC1. The molecule has 1 aliphatic heterocycles. The van der Waals surface area contributed by atoms with Crippen molar-refractivity contribution in [2.24, 2.45) is 5.92 Å². The van der Waals surface area contributed by atoms with Crippen LogP contribution in [-0.4, -0.2) is 49.7 Å². The number of carbonyl (C=O) groups excluding carboxylic acids is 1. The Bertz CT molecular complexity index is 629. The van der Waals surface area contributed by atoms with Gasteiger partial charge in [0.2, 0.25) is 0 Å². The highest BCUT2D eigenvalue weighted by atomic mass is 32.1. The van der Waals surface area contributed by atoms with E-state index < -0.39 is 0 Å². The van der Waals surface area contributed by atoms with Crippen LogP contribution in [0.1, 0.15) is 23.5 Å². The van der Waals surface area contributed by atoms with Crippen molar-refractivity contribution in [1.82, 2.24) is 10.2 Å². The Kier molecular flexibility index (Phi) is 5.30. The van der Waals surface area contributed by atoms with Crippen LogP contribution < -0.4 is 5.32 Å². The largest absolute Gasteiger partial charge is 0.379 e. The fraction of sp³-hybridized carbons (Fsp3) is 0.500. The van der Waals surface area contributed by atoms with Gasteiger partial charge in [-0.25, -0.2) is 0 Å². The first-order valence-electron chi connectivity index (χ1n) is 8.23. The maximum Gasteiger partial charge on any atom is 0.261 e. The van der Waals surface area contributed by atoms with E-state index in [9.17, 15) is 4.79 Å². The fourth-order valence-electron chi connectivity index (χ4n) is 3.07. The van der Waals surface area contributed by atoms with Gasteiger partial charge in [0.15, 0.2) is 0 Å². The standard InChI is InChI=1S/C18H24N2O2S/c1-13(2)15(20-7-9-22-10-8-20)12-19-18(21)17-11-14-5-3-4-6-16(14)23-17/h3-6,11,13,15H,7-10,12H2,1-2H3,(H,19,21). The summed E-state index contributed by atoms with van der Waals surface area (Å²) >= 11 is 1.56. The molecule has 1 aliphatic rings. The lowest BCUT2D eigenvalue weighted by molar-refractivity contribution is 0.00674. The molecule has 0 radical (unpaired) electrons. The van der Waals surface area contributed by atoms with Gasteiger partial charge in [-0.05, 0) is 23.4 Å². The number of benzene rings is 1. The molecule has 1 atom stereocenters. The van der Waals surface area contributed by atoms with E-state index in [4.69, 9.17) is 4.74 Å². The van der Waals surface area contributed by atoms with Crippen molar-refractivity contribution in [3.8, 4) is 0 Å².